The van der Waals surface area contributed by atoms with Crippen molar-refractivity contribution in [3.63, 3.8) is 0 Å². The largest absolute Gasteiger partial charge is 0.346 e. The lowest BCUT2D eigenvalue weighted by Crippen LogP contribution is -2.19. The summed E-state index contributed by atoms with van der Waals surface area (Å²) in [6, 6.07) is 12.0. The number of hydrogen-bond acceptors (Lipinski definition) is 4. The highest BCUT2D eigenvalue weighted by Gasteiger charge is 2.19. The predicted molar refractivity (Wildman–Crippen MR) is 106 cm³/mol. The Morgan fingerprint density at radius 1 is 1.21 bits per heavy atom. The van der Waals surface area contributed by atoms with E-state index in [1.807, 2.05) is 45.9 Å². The van der Waals surface area contributed by atoms with Gasteiger partial charge in [-0.3, -0.25) is 15.2 Å². The lowest BCUT2D eigenvalue weighted by molar-refractivity contribution is -0.116. The number of hydrogen-bond donors (Lipinski definition) is 2. The standard InChI is InChI=1S/C20H18FN5OS/c21-16-5-3-14(4-6-16)11-18-22-20(25-24-18)23-19(27)12-17(15-7-10-28-13-15)26-8-1-2-9-26/h1-10,13,17H,11-12H2,(H2,22,23,24,25,27)/t17-/m0/s1. The Hall–Kier alpha value is -3.26. The summed E-state index contributed by atoms with van der Waals surface area (Å²) >= 11 is 1.60. The molecular formula is C20H18FN5OS. The molecule has 0 aliphatic heterocycles. The average molecular weight is 395 g/mol. The first-order valence-corrected chi connectivity index (χ1v) is 9.72. The van der Waals surface area contributed by atoms with Crippen LogP contribution < -0.4 is 5.32 Å². The van der Waals surface area contributed by atoms with Gasteiger partial charge < -0.3 is 4.57 Å². The first-order valence-electron chi connectivity index (χ1n) is 8.77. The summed E-state index contributed by atoms with van der Waals surface area (Å²) in [6.45, 7) is 0. The summed E-state index contributed by atoms with van der Waals surface area (Å²) in [5, 5.41) is 13.7. The average Bonchev–Trinajstić information content (AvgIpc) is 3.45. The molecule has 4 aromatic rings. The fraction of sp³-hybridized carbons (Fsp3) is 0.150. The van der Waals surface area contributed by atoms with E-state index in [4.69, 9.17) is 0 Å². The summed E-state index contributed by atoms with van der Waals surface area (Å²) in [7, 11) is 0. The molecular weight excluding hydrogens is 377 g/mol. The molecule has 28 heavy (non-hydrogen) atoms. The minimum atomic E-state index is -0.280. The zero-order valence-electron chi connectivity index (χ0n) is 14.9. The number of H-pyrrole nitrogens is 1. The number of aromatic amines is 1. The van der Waals surface area contributed by atoms with Gasteiger partial charge >= 0.3 is 0 Å². The number of rotatable bonds is 7. The monoisotopic (exact) mass is 395 g/mol. The molecule has 0 unspecified atom stereocenters. The van der Waals surface area contributed by atoms with Crippen molar-refractivity contribution in [2.24, 2.45) is 0 Å². The van der Waals surface area contributed by atoms with Crippen LogP contribution in [-0.2, 0) is 11.2 Å². The van der Waals surface area contributed by atoms with Crippen LogP contribution in [0.15, 0.2) is 65.6 Å². The minimum Gasteiger partial charge on any atom is -0.346 e. The molecule has 0 aliphatic carbocycles. The Bertz CT molecular complexity index is 991. The molecule has 0 saturated carbocycles. The second-order valence-electron chi connectivity index (χ2n) is 6.36. The quantitative estimate of drug-likeness (QED) is 0.496. The van der Waals surface area contributed by atoms with Gasteiger partial charge in [-0.1, -0.05) is 12.1 Å². The van der Waals surface area contributed by atoms with E-state index in [0.29, 0.717) is 12.2 Å². The van der Waals surface area contributed by atoms with E-state index < -0.39 is 0 Å². The number of halogens is 1. The Balaban J connectivity index is 1.40. The first kappa shape index (κ1) is 18.1. The first-order chi connectivity index (χ1) is 13.7. The summed E-state index contributed by atoms with van der Waals surface area (Å²) in [4.78, 5) is 16.9. The lowest BCUT2D eigenvalue weighted by atomic mass is 10.1. The van der Waals surface area contributed by atoms with E-state index in [-0.39, 0.29) is 30.1 Å². The third-order valence-electron chi connectivity index (χ3n) is 4.36. The van der Waals surface area contributed by atoms with Crippen LogP contribution in [0.25, 0.3) is 0 Å². The maximum Gasteiger partial charge on any atom is 0.248 e. The molecule has 0 saturated heterocycles. The number of carbonyl (C=O) groups excluding carboxylic acids is 1. The number of aromatic nitrogens is 4. The van der Waals surface area contributed by atoms with E-state index in [9.17, 15) is 9.18 Å². The van der Waals surface area contributed by atoms with Crippen LogP contribution in [-0.4, -0.2) is 25.7 Å². The number of carbonyl (C=O) groups is 1. The molecule has 3 heterocycles. The van der Waals surface area contributed by atoms with Crippen molar-refractivity contribution in [2.75, 3.05) is 5.32 Å². The molecule has 2 N–H and O–H groups in total. The van der Waals surface area contributed by atoms with Crippen LogP contribution in [0.3, 0.4) is 0 Å². The number of amides is 1. The highest BCUT2D eigenvalue weighted by atomic mass is 32.1. The number of nitrogens with one attached hydrogen (secondary N) is 2. The smallest absolute Gasteiger partial charge is 0.248 e. The zero-order valence-corrected chi connectivity index (χ0v) is 15.7. The van der Waals surface area contributed by atoms with Gasteiger partial charge in [-0.2, -0.15) is 16.3 Å². The Morgan fingerprint density at radius 2 is 2.00 bits per heavy atom. The van der Waals surface area contributed by atoms with Crippen LogP contribution in [0, 0.1) is 5.82 Å². The van der Waals surface area contributed by atoms with Crippen molar-refractivity contribution >= 4 is 23.2 Å². The summed E-state index contributed by atoms with van der Waals surface area (Å²) < 4.78 is 15.0. The molecule has 1 aromatic carbocycles. The number of benzene rings is 1. The van der Waals surface area contributed by atoms with Crippen molar-refractivity contribution in [1.82, 2.24) is 19.7 Å². The minimum absolute atomic E-state index is 0.0844. The highest BCUT2D eigenvalue weighted by Crippen LogP contribution is 2.25. The van der Waals surface area contributed by atoms with Crippen molar-refractivity contribution in [3.05, 3.63) is 88.4 Å². The molecule has 0 radical (unpaired) electrons. The van der Waals surface area contributed by atoms with Gasteiger partial charge in [0.25, 0.3) is 0 Å². The Morgan fingerprint density at radius 3 is 2.71 bits per heavy atom. The van der Waals surface area contributed by atoms with Gasteiger partial charge in [0.15, 0.2) is 0 Å². The second-order valence-corrected chi connectivity index (χ2v) is 7.14. The Kier molecular flexibility index (Phi) is 5.29. The maximum absolute atomic E-state index is 13.0. The van der Waals surface area contributed by atoms with Crippen LogP contribution in [0.4, 0.5) is 10.3 Å². The fourth-order valence-corrected chi connectivity index (χ4v) is 3.70. The summed E-state index contributed by atoms with van der Waals surface area (Å²) in [5.74, 6) is 0.384. The fourth-order valence-electron chi connectivity index (χ4n) is 2.99. The molecule has 142 valence electrons. The van der Waals surface area contributed by atoms with E-state index >= 15 is 0 Å². The highest BCUT2D eigenvalue weighted by molar-refractivity contribution is 7.08. The molecule has 0 fully saturated rings. The Labute approximate surface area is 165 Å². The topological polar surface area (TPSA) is 75.6 Å². The van der Waals surface area contributed by atoms with Gasteiger partial charge in [0.05, 0.1) is 12.5 Å². The predicted octanol–water partition coefficient (Wildman–Crippen LogP) is 4.02. The summed E-state index contributed by atoms with van der Waals surface area (Å²) in [5.41, 5.74) is 1.99. The second kappa shape index (κ2) is 8.18. The van der Waals surface area contributed by atoms with Crippen molar-refractivity contribution < 1.29 is 9.18 Å². The molecule has 1 amide bonds. The van der Waals surface area contributed by atoms with Crippen molar-refractivity contribution in [2.45, 2.75) is 18.9 Å². The maximum atomic E-state index is 13.0. The van der Waals surface area contributed by atoms with Crippen LogP contribution in [0.5, 0.6) is 0 Å². The lowest BCUT2D eigenvalue weighted by Gasteiger charge is -2.17. The van der Waals surface area contributed by atoms with Gasteiger partial charge in [0.1, 0.15) is 11.6 Å². The van der Waals surface area contributed by atoms with Gasteiger partial charge in [-0.15, -0.1) is 5.10 Å². The SMILES string of the molecule is O=C(C[C@@H](c1ccsc1)n1cccc1)Nc1n[nH]c(Cc2ccc(F)cc2)n1. The van der Waals surface area contributed by atoms with Gasteiger partial charge in [0.2, 0.25) is 11.9 Å². The van der Waals surface area contributed by atoms with E-state index in [2.05, 4.69) is 20.5 Å². The van der Waals surface area contributed by atoms with Gasteiger partial charge in [0, 0.05) is 18.8 Å². The molecule has 0 bridgehead atoms. The number of nitrogens with zero attached hydrogens (tertiary/aromatic N) is 3. The third-order valence-corrected chi connectivity index (χ3v) is 5.06. The van der Waals surface area contributed by atoms with Crippen LogP contribution in [0.1, 0.15) is 29.4 Å². The van der Waals surface area contributed by atoms with Gasteiger partial charge in [-0.05, 0) is 52.2 Å². The third kappa shape index (κ3) is 4.34. The normalized spacial score (nSPS) is 12.0. The van der Waals surface area contributed by atoms with Gasteiger partial charge in [-0.25, -0.2) is 4.39 Å². The molecule has 0 aliphatic rings. The van der Waals surface area contributed by atoms with E-state index in [1.165, 1.54) is 12.1 Å². The summed E-state index contributed by atoms with van der Waals surface area (Å²) in [6.07, 6.45) is 4.64. The van der Waals surface area contributed by atoms with E-state index in [1.54, 1.807) is 23.5 Å². The zero-order chi connectivity index (χ0) is 19.3. The number of anilines is 1. The molecule has 1 atom stereocenters. The van der Waals surface area contributed by atoms with Crippen LogP contribution >= 0.6 is 11.3 Å². The van der Waals surface area contributed by atoms with Crippen molar-refractivity contribution in [3.8, 4) is 0 Å². The van der Waals surface area contributed by atoms with Crippen LogP contribution in [0.2, 0.25) is 0 Å². The number of thiophene rings is 1. The van der Waals surface area contributed by atoms with E-state index in [0.717, 1.165) is 11.1 Å². The molecule has 8 heteroatoms. The molecule has 4 rings (SSSR count). The van der Waals surface area contributed by atoms with Crippen molar-refractivity contribution in [1.29, 1.82) is 0 Å². The molecule has 6 nitrogen and oxygen atoms in total. The molecule has 3 aromatic heterocycles. The molecule has 0 spiro atoms.